The predicted octanol–water partition coefficient (Wildman–Crippen LogP) is 1.65. The third-order valence-electron chi connectivity index (χ3n) is 3.61. The first-order valence-corrected chi connectivity index (χ1v) is 6.21. The van der Waals surface area contributed by atoms with Gasteiger partial charge in [0.1, 0.15) is 0 Å². The molecule has 0 spiro atoms. The molecule has 3 rings (SSSR count). The van der Waals surface area contributed by atoms with Crippen molar-refractivity contribution in [3.8, 4) is 0 Å². The van der Waals surface area contributed by atoms with E-state index in [4.69, 9.17) is 5.73 Å². The summed E-state index contributed by atoms with van der Waals surface area (Å²) in [6.07, 6.45) is 3.93. The Kier molecular flexibility index (Phi) is 2.80. The molecule has 1 aliphatic heterocycles. The largest absolute Gasteiger partial charge is 0.320 e. The van der Waals surface area contributed by atoms with E-state index in [0.29, 0.717) is 6.42 Å². The number of fused-ring (bicyclic) bond motifs is 1. The zero-order chi connectivity index (χ0) is 13.4. The maximum Gasteiger partial charge on any atom is 0.231 e. The molecule has 2 heterocycles. The van der Waals surface area contributed by atoms with Gasteiger partial charge in [0.2, 0.25) is 5.91 Å². The van der Waals surface area contributed by atoms with Crippen LogP contribution in [0.1, 0.15) is 22.7 Å². The molecule has 0 aliphatic carbocycles. The van der Waals surface area contributed by atoms with Crippen LogP contribution in [0.3, 0.4) is 0 Å². The normalized spacial score (nSPS) is 15.5. The van der Waals surface area contributed by atoms with Gasteiger partial charge >= 0.3 is 0 Å². The molecule has 2 aromatic rings. The maximum atomic E-state index is 11.7. The summed E-state index contributed by atoms with van der Waals surface area (Å²) in [6.45, 7) is 0. The van der Waals surface area contributed by atoms with Gasteiger partial charge in [-0.2, -0.15) is 0 Å². The molecule has 2 N–H and O–H groups in total. The van der Waals surface area contributed by atoms with Gasteiger partial charge in [0.15, 0.2) is 0 Å². The van der Waals surface area contributed by atoms with Crippen LogP contribution in [0, 0.1) is 0 Å². The van der Waals surface area contributed by atoms with E-state index in [9.17, 15) is 4.79 Å². The standard InChI is InChI=1S/C15H15N3O/c1-18-13-3-2-11(8-12(13)9-14(18)19)15(16)10-4-6-17-7-5-10/h2-8,15H,9,16H2,1H3. The van der Waals surface area contributed by atoms with E-state index >= 15 is 0 Å². The highest BCUT2D eigenvalue weighted by atomic mass is 16.2. The first-order chi connectivity index (χ1) is 9.16. The minimum atomic E-state index is -0.186. The van der Waals surface area contributed by atoms with Crippen LogP contribution in [0.5, 0.6) is 0 Å². The molecule has 0 bridgehead atoms. The van der Waals surface area contributed by atoms with Crippen molar-refractivity contribution in [2.24, 2.45) is 5.73 Å². The van der Waals surface area contributed by atoms with E-state index in [1.54, 1.807) is 24.3 Å². The Morgan fingerprint density at radius 3 is 2.68 bits per heavy atom. The lowest BCUT2D eigenvalue weighted by molar-refractivity contribution is -0.117. The van der Waals surface area contributed by atoms with Crippen molar-refractivity contribution in [3.05, 3.63) is 59.4 Å². The second kappa shape index (κ2) is 4.48. The van der Waals surface area contributed by atoms with Gasteiger partial charge < -0.3 is 10.6 Å². The third-order valence-corrected chi connectivity index (χ3v) is 3.61. The summed E-state index contributed by atoms with van der Waals surface area (Å²) in [5.41, 5.74) is 10.3. The summed E-state index contributed by atoms with van der Waals surface area (Å²) in [4.78, 5) is 17.4. The number of anilines is 1. The number of pyridine rings is 1. The second-order valence-electron chi connectivity index (χ2n) is 4.78. The summed E-state index contributed by atoms with van der Waals surface area (Å²) in [7, 11) is 1.80. The molecular weight excluding hydrogens is 238 g/mol. The molecule has 0 saturated heterocycles. The molecule has 1 aliphatic rings. The van der Waals surface area contributed by atoms with E-state index in [-0.39, 0.29) is 11.9 Å². The van der Waals surface area contributed by atoms with Gasteiger partial charge in [0.25, 0.3) is 0 Å². The van der Waals surface area contributed by atoms with Crippen LogP contribution in [0.25, 0.3) is 0 Å². The van der Waals surface area contributed by atoms with Crippen molar-refractivity contribution in [1.29, 1.82) is 0 Å². The molecule has 96 valence electrons. The monoisotopic (exact) mass is 253 g/mol. The fourth-order valence-corrected chi connectivity index (χ4v) is 2.45. The Hall–Kier alpha value is -2.20. The molecule has 1 unspecified atom stereocenters. The summed E-state index contributed by atoms with van der Waals surface area (Å²) >= 11 is 0. The van der Waals surface area contributed by atoms with E-state index in [1.165, 1.54) is 0 Å². The Labute approximate surface area is 111 Å². The Balaban J connectivity index is 1.96. The molecule has 19 heavy (non-hydrogen) atoms. The topological polar surface area (TPSA) is 59.2 Å². The second-order valence-corrected chi connectivity index (χ2v) is 4.78. The van der Waals surface area contributed by atoms with Crippen LogP contribution >= 0.6 is 0 Å². The number of benzene rings is 1. The van der Waals surface area contributed by atoms with Crippen LogP contribution in [0.15, 0.2) is 42.7 Å². The SMILES string of the molecule is CN1C(=O)Cc2cc(C(N)c3ccncc3)ccc21. The van der Waals surface area contributed by atoms with Gasteiger partial charge in [0.05, 0.1) is 12.5 Å². The van der Waals surface area contributed by atoms with Gasteiger partial charge in [-0.25, -0.2) is 0 Å². The minimum absolute atomic E-state index is 0.129. The van der Waals surface area contributed by atoms with Crippen LogP contribution in [-0.2, 0) is 11.2 Å². The van der Waals surface area contributed by atoms with Gasteiger partial charge in [-0.15, -0.1) is 0 Å². The Morgan fingerprint density at radius 2 is 1.95 bits per heavy atom. The average molecular weight is 253 g/mol. The highest BCUT2D eigenvalue weighted by molar-refractivity contribution is 6.00. The number of rotatable bonds is 2. The first kappa shape index (κ1) is 11.9. The zero-order valence-electron chi connectivity index (χ0n) is 10.7. The zero-order valence-corrected chi connectivity index (χ0v) is 10.7. The quantitative estimate of drug-likeness (QED) is 0.885. The number of nitrogens with two attached hydrogens (primary N) is 1. The van der Waals surface area contributed by atoms with Crippen molar-refractivity contribution in [1.82, 2.24) is 4.98 Å². The van der Waals surface area contributed by atoms with Crippen molar-refractivity contribution in [2.45, 2.75) is 12.5 Å². The Bertz CT molecular complexity index is 625. The average Bonchev–Trinajstić information content (AvgIpc) is 2.74. The number of likely N-dealkylation sites (N-methyl/N-ethyl adjacent to an activating group) is 1. The number of carbonyl (C=O) groups is 1. The van der Waals surface area contributed by atoms with Crippen LogP contribution in [0.2, 0.25) is 0 Å². The third kappa shape index (κ3) is 2.00. The van der Waals surface area contributed by atoms with E-state index in [0.717, 1.165) is 22.4 Å². The fraction of sp³-hybridized carbons (Fsp3) is 0.200. The number of nitrogens with zero attached hydrogens (tertiary/aromatic N) is 2. The highest BCUT2D eigenvalue weighted by Gasteiger charge is 2.24. The number of carbonyl (C=O) groups excluding carboxylic acids is 1. The molecule has 4 heteroatoms. The van der Waals surface area contributed by atoms with Crippen LogP contribution < -0.4 is 10.6 Å². The Morgan fingerprint density at radius 1 is 1.21 bits per heavy atom. The molecule has 1 aromatic carbocycles. The lowest BCUT2D eigenvalue weighted by Crippen LogP contribution is -2.20. The maximum absolute atomic E-state index is 11.7. The molecule has 0 radical (unpaired) electrons. The number of hydrogen-bond donors (Lipinski definition) is 1. The number of hydrogen-bond acceptors (Lipinski definition) is 3. The van der Waals surface area contributed by atoms with Crippen LogP contribution in [-0.4, -0.2) is 17.9 Å². The van der Waals surface area contributed by atoms with Crippen LogP contribution in [0.4, 0.5) is 5.69 Å². The molecule has 0 fully saturated rings. The predicted molar refractivity (Wildman–Crippen MR) is 73.8 cm³/mol. The smallest absolute Gasteiger partial charge is 0.231 e. The minimum Gasteiger partial charge on any atom is -0.320 e. The lowest BCUT2D eigenvalue weighted by Gasteiger charge is -2.15. The summed E-state index contributed by atoms with van der Waals surface area (Å²) in [5.74, 6) is 0.129. The van der Waals surface area contributed by atoms with E-state index in [2.05, 4.69) is 4.98 Å². The fourth-order valence-electron chi connectivity index (χ4n) is 2.45. The molecule has 4 nitrogen and oxygen atoms in total. The molecule has 0 saturated carbocycles. The first-order valence-electron chi connectivity index (χ1n) is 6.21. The summed E-state index contributed by atoms with van der Waals surface area (Å²) < 4.78 is 0. The van der Waals surface area contributed by atoms with E-state index < -0.39 is 0 Å². The van der Waals surface area contributed by atoms with E-state index in [1.807, 2.05) is 30.3 Å². The molecule has 1 atom stereocenters. The van der Waals surface area contributed by atoms with Gasteiger partial charge in [-0.05, 0) is 34.9 Å². The van der Waals surface area contributed by atoms with Crippen molar-refractivity contribution in [2.75, 3.05) is 11.9 Å². The van der Waals surface area contributed by atoms with Crippen molar-refractivity contribution >= 4 is 11.6 Å². The molecule has 1 aromatic heterocycles. The number of amides is 1. The van der Waals surface area contributed by atoms with Crippen molar-refractivity contribution < 1.29 is 4.79 Å². The van der Waals surface area contributed by atoms with Gasteiger partial charge in [0, 0.05) is 25.1 Å². The number of aromatic nitrogens is 1. The van der Waals surface area contributed by atoms with Crippen molar-refractivity contribution in [3.63, 3.8) is 0 Å². The molecular formula is C15H15N3O. The van der Waals surface area contributed by atoms with Gasteiger partial charge in [-0.1, -0.05) is 12.1 Å². The summed E-state index contributed by atoms with van der Waals surface area (Å²) in [6, 6.07) is 9.62. The van der Waals surface area contributed by atoms with Gasteiger partial charge in [-0.3, -0.25) is 9.78 Å². The summed E-state index contributed by atoms with van der Waals surface area (Å²) in [5, 5.41) is 0. The lowest BCUT2D eigenvalue weighted by atomic mass is 9.98. The molecule has 1 amide bonds. The highest BCUT2D eigenvalue weighted by Crippen LogP contribution is 2.31.